The molecule has 3 aromatic carbocycles. The molecule has 0 bridgehead atoms. The van der Waals surface area contributed by atoms with Gasteiger partial charge in [0.05, 0.1) is 10.2 Å². The highest BCUT2D eigenvalue weighted by molar-refractivity contribution is 7.22. The summed E-state index contributed by atoms with van der Waals surface area (Å²) in [6, 6.07) is 19.2. The van der Waals surface area contributed by atoms with E-state index in [2.05, 4.69) is 10.3 Å². The molecule has 3 N–H and O–H groups in total. The van der Waals surface area contributed by atoms with E-state index >= 15 is 0 Å². The van der Waals surface area contributed by atoms with Crippen LogP contribution in [0.4, 0.5) is 10.8 Å². The maximum atomic E-state index is 12.6. The molecule has 4 rings (SSSR count). The number of amides is 1. The molecule has 0 saturated heterocycles. The van der Waals surface area contributed by atoms with Gasteiger partial charge in [-0.1, -0.05) is 47.7 Å². The lowest BCUT2D eigenvalue weighted by Gasteiger charge is -2.08. The van der Waals surface area contributed by atoms with E-state index in [1.54, 1.807) is 0 Å². The Hall–Kier alpha value is -2.92. The molecular weight excluding hydrogens is 306 g/mol. The Balaban J connectivity index is 1.70. The third kappa shape index (κ3) is 2.51. The van der Waals surface area contributed by atoms with Crippen LogP contribution in [0.3, 0.4) is 0 Å². The normalized spacial score (nSPS) is 11.0. The summed E-state index contributed by atoms with van der Waals surface area (Å²) in [6.45, 7) is 0. The molecule has 0 radical (unpaired) electrons. The Morgan fingerprint density at radius 3 is 2.78 bits per heavy atom. The topological polar surface area (TPSA) is 68.0 Å². The number of nitrogens with two attached hydrogens (primary N) is 1. The molecule has 0 unspecified atom stereocenters. The fraction of sp³-hybridized carbons (Fsp3) is 0. The smallest absolute Gasteiger partial charge is 0.256 e. The molecule has 0 saturated carbocycles. The van der Waals surface area contributed by atoms with Crippen LogP contribution in [0.25, 0.3) is 21.0 Å². The molecule has 1 aromatic heterocycles. The number of aromatic nitrogens is 1. The van der Waals surface area contributed by atoms with E-state index in [-0.39, 0.29) is 5.91 Å². The number of benzene rings is 3. The van der Waals surface area contributed by atoms with Gasteiger partial charge in [0.1, 0.15) is 0 Å². The predicted molar refractivity (Wildman–Crippen MR) is 95.9 cm³/mol. The predicted octanol–water partition coefficient (Wildman–Crippen LogP) is 4.28. The van der Waals surface area contributed by atoms with E-state index < -0.39 is 0 Å². The SMILES string of the molecule is Nc1nc2ccc(NC(=O)c3cccc4ccccc34)cc2s1. The number of nitrogen functional groups attached to an aromatic ring is 1. The quantitative estimate of drug-likeness (QED) is 0.579. The fourth-order valence-corrected chi connectivity index (χ4v) is 3.42. The van der Waals surface area contributed by atoms with Gasteiger partial charge in [0, 0.05) is 11.3 Å². The van der Waals surface area contributed by atoms with E-state index in [1.165, 1.54) is 11.3 Å². The van der Waals surface area contributed by atoms with E-state index in [0.717, 1.165) is 26.7 Å². The van der Waals surface area contributed by atoms with Crippen molar-refractivity contribution in [1.82, 2.24) is 4.98 Å². The number of hydrogen-bond donors (Lipinski definition) is 2. The van der Waals surface area contributed by atoms with Gasteiger partial charge in [0.15, 0.2) is 5.13 Å². The molecule has 0 atom stereocenters. The Morgan fingerprint density at radius 1 is 1.04 bits per heavy atom. The summed E-state index contributed by atoms with van der Waals surface area (Å²) in [5, 5.41) is 5.46. The number of thiazole rings is 1. The highest BCUT2D eigenvalue weighted by Gasteiger charge is 2.11. The number of anilines is 2. The molecule has 0 spiro atoms. The lowest BCUT2D eigenvalue weighted by molar-refractivity contribution is 0.102. The zero-order chi connectivity index (χ0) is 15.8. The van der Waals surface area contributed by atoms with Crippen LogP contribution in [0.15, 0.2) is 60.7 Å². The van der Waals surface area contributed by atoms with Gasteiger partial charge in [-0.2, -0.15) is 0 Å². The molecule has 4 aromatic rings. The third-order valence-corrected chi connectivity index (χ3v) is 4.54. The average molecular weight is 319 g/mol. The van der Waals surface area contributed by atoms with Gasteiger partial charge < -0.3 is 11.1 Å². The largest absolute Gasteiger partial charge is 0.375 e. The Labute approximate surface area is 136 Å². The second-order valence-electron chi connectivity index (χ2n) is 5.22. The van der Waals surface area contributed by atoms with Crippen molar-refractivity contribution in [1.29, 1.82) is 0 Å². The van der Waals surface area contributed by atoms with Crippen molar-refractivity contribution in [3.05, 3.63) is 66.2 Å². The van der Waals surface area contributed by atoms with Gasteiger partial charge in [-0.15, -0.1) is 0 Å². The molecule has 1 heterocycles. The third-order valence-electron chi connectivity index (χ3n) is 3.70. The minimum atomic E-state index is -0.126. The average Bonchev–Trinajstić information content (AvgIpc) is 2.93. The number of carbonyl (C=O) groups is 1. The molecule has 0 aliphatic carbocycles. The van der Waals surface area contributed by atoms with Gasteiger partial charge in [-0.25, -0.2) is 4.98 Å². The van der Waals surface area contributed by atoms with E-state index in [1.807, 2.05) is 60.7 Å². The lowest BCUT2D eigenvalue weighted by Crippen LogP contribution is -2.12. The van der Waals surface area contributed by atoms with Crippen molar-refractivity contribution in [2.75, 3.05) is 11.1 Å². The van der Waals surface area contributed by atoms with Crippen molar-refractivity contribution in [2.45, 2.75) is 0 Å². The first-order valence-electron chi connectivity index (χ1n) is 7.16. The van der Waals surface area contributed by atoms with E-state index in [9.17, 15) is 4.79 Å². The zero-order valence-electron chi connectivity index (χ0n) is 12.1. The Morgan fingerprint density at radius 2 is 1.87 bits per heavy atom. The Bertz CT molecular complexity index is 1030. The van der Waals surface area contributed by atoms with Gasteiger partial charge in [0.25, 0.3) is 5.91 Å². The first kappa shape index (κ1) is 13.7. The summed E-state index contributed by atoms with van der Waals surface area (Å²) in [5.41, 5.74) is 7.95. The monoisotopic (exact) mass is 319 g/mol. The van der Waals surface area contributed by atoms with Crippen LogP contribution in [0.1, 0.15) is 10.4 Å². The van der Waals surface area contributed by atoms with Crippen LogP contribution in [0.5, 0.6) is 0 Å². The summed E-state index contributed by atoms with van der Waals surface area (Å²) in [5.74, 6) is -0.126. The first-order valence-corrected chi connectivity index (χ1v) is 7.97. The molecule has 1 amide bonds. The Kier molecular flexibility index (Phi) is 3.20. The summed E-state index contributed by atoms with van der Waals surface area (Å²) < 4.78 is 0.957. The molecule has 23 heavy (non-hydrogen) atoms. The van der Waals surface area contributed by atoms with Gasteiger partial charge in [0.2, 0.25) is 0 Å². The number of nitrogens with one attached hydrogen (secondary N) is 1. The number of hydrogen-bond acceptors (Lipinski definition) is 4. The first-order chi connectivity index (χ1) is 11.2. The maximum Gasteiger partial charge on any atom is 0.256 e. The second-order valence-corrected chi connectivity index (χ2v) is 6.28. The molecular formula is C18H13N3OS. The highest BCUT2D eigenvalue weighted by atomic mass is 32.1. The zero-order valence-corrected chi connectivity index (χ0v) is 12.9. The lowest BCUT2D eigenvalue weighted by atomic mass is 10.0. The molecule has 0 fully saturated rings. The summed E-state index contributed by atoms with van der Waals surface area (Å²) in [4.78, 5) is 16.8. The number of fused-ring (bicyclic) bond motifs is 2. The van der Waals surface area contributed by atoms with E-state index in [0.29, 0.717) is 10.7 Å². The highest BCUT2D eigenvalue weighted by Crippen LogP contribution is 2.27. The van der Waals surface area contributed by atoms with Gasteiger partial charge >= 0.3 is 0 Å². The van der Waals surface area contributed by atoms with Crippen LogP contribution in [0.2, 0.25) is 0 Å². The van der Waals surface area contributed by atoms with Crippen LogP contribution >= 0.6 is 11.3 Å². The number of carbonyl (C=O) groups excluding carboxylic acids is 1. The van der Waals surface area contributed by atoms with Crippen molar-refractivity contribution in [3.8, 4) is 0 Å². The number of nitrogens with zero attached hydrogens (tertiary/aromatic N) is 1. The van der Waals surface area contributed by atoms with Crippen molar-refractivity contribution >= 4 is 49.1 Å². The van der Waals surface area contributed by atoms with Crippen LogP contribution in [-0.2, 0) is 0 Å². The molecule has 4 nitrogen and oxygen atoms in total. The van der Waals surface area contributed by atoms with E-state index in [4.69, 9.17) is 5.73 Å². The van der Waals surface area contributed by atoms with Crippen molar-refractivity contribution in [2.24, 2.45) is 0 Å². The maximum absolute atomic E-state index is 12.6. The number of rotatable bonds is 2. The van der Waals surface area contributed by atoms with Crippen LogP contribution < -0.4 is 11.1 Å². The van der Waals surface area contributed by atoms with Gasteiger partial charge in [-0.05, 0) is 35.0 Å². The minimum Gasteiger partial charge on any atom is -0.375 e. The van der Waals surface area contributed by atoms with Crippen molar-refractivity contribution < 1.29 is 4.79 Å². The summed E-state index contributed by atoms with van der Waals surface area (Å²) in [6.07, 6.45) is 0. The standard InChI is InChI=1S/C18H13N3OS/c19-18-21-15-9-8-12(10-16(15)23-18)20-17(22)14-7-3-5-11-4-1-2-6-13(11)14/h1-10H,(H2,19,21)(H,20,22). The van der Waals surface area contributed by atoms with Crippen LogP contribution in [-0.4, -0.2) is 10.9 Å². The summed E-state index contributed by atoms with van der Waals surface area (Å²) in [7, 11) is 0. The molecule has 0 aliphatic heterocycles. The second kappa shape index (κ2) is 5.37. The summed E-state index contributed by atoms with van der Waals surface area (Å²) >= 11 is 1.41. The molecule has 112 valence electrons. The molecule has 0 aliphatic rings. The fourth-order valence-electron chi connectivity index (χ4n) is 2.64. The molecule has 5 heteroatoms. The minimum absolute atomic E-state index is 0.126. The van der Waals surface area contributed by atoms with Gasteiger partial charge in [-0.3, -0.25) is 4.79 Å². The van der Waals surface area contributed by atoms with Crippen molar-refractivity contribution in [3.63, 3.8) is 0 Å². The van der Waals surface area contributed by atoms with Crippen LogP contribution in [0, 0.1) is 0 Å².